The Morgan fingerprint density at radius 1 is 1.58 bits per heavy atom. The third-order valence-corrected chi connectivity index (χ3v) is 5.03. The molecule has 1 saturated heterocycles. The number of halogens is 2. The quantitative estimate of drug-likeness (QED) is 0.888. The monoisotopic (exact) mass is 366 g/mol. The average molecular weight is 368 g/mol. The molecule has 0 spiro atoms. The van der Waals surface area contributed by atoms with E-state index in [0.717, 1.165) is 23.2 Å². The van der Waals surface area contributed by atoms with Crippen molar-refractivity contribution in [1.29, 1.82) is 0 Å². The summed E-state index contributed by atoms with van der Waals surface area (Å²) >= 11 is 5.10. The van der Waals surface area contributed by atoms with Crippen molar-refractivity contribution in [3.05, 3.63) is 20.8 Å². The molecule has 1 fully saturated rings. The van der Waals surface area contributed by atoms with Gasteiger partial charge < -0.3 is 10.2 Å². The summed E-state index contributed by atoms with van der Waals surface area (Å²) in [6.07, 6.45) is 3.24. The molecule has 1 aromatic heterocycles. The van der Waals surface area contributed by atoms with Crippen LogP contribution < -0.4 is 5.32 Å². The van der Waals surface area contributed by atoms with Crippen LogP contribution in [0.1, 0.15) is 31.7 Å². The molecule has 19 heavy (non-hydrogen) atoms. The van der Waals surface area contributed by atoms with E-state index in [9.17, 15) is 4.79 Å². The lowest BCUT2D eigenvalue weighted by Crippen LogP contribution is -2.57. The molecule has 1 atom stereocenters. The van der Waals surface area contributed by atoms with Crippen molar-refractivity contribution >= 4 is 45.6 Å². The zero-order valence-corrected chi connectivity index (χ0v) is 14.5. The number of piperidine rings is 1. The second-order valence-electron chi connectivity index (χ2n) is 5.14. The molecule has 0 bridgehead atoms. The van der Waals surface area contributed by atoms with Gasteiger partial charge in [0.25, 0.3) is 0 Å². The average Bonchev–Trinajstić information content (AvgIpc) is 2.74. The number of rotatable bonds is 3. The Balaban J connectivity index is 0.00000180. The Morgan fingerprint density at radius 2 is 2.32 bits per heavy atom. The minimum absolute atomic E-state index is 0. The first-order valence-corrected chi connectivity index (χ1v) is 7.92. The predicted octanol–water partition coefficient (Wildman–Crippen LogP) is 3.42. The van der Waals surface area contributed by atoms with Crippen LogP contribution in [0.15, 0.2) is 15.2 Å². The lowest BCUT2D eigenvalue weighted by Gasteiger charge is -2.36. The van der Waals surface area contributed by atoms with Gasteiger partial charge in [0, 0.05) is 13.6 Å². The third-order valence-electron chi connectivity index (χ3n) is 3.48. The molecule has 1 N–H and O–H groups in total. The molecule has 1 unspecified atom stereocenters. The molecule has 0 radical (unpaired) electrons. The van der Waals surface area contributed by atoms with Gasteiger partial charge in [-0.05, 0) is 65.7 Å². The molecule has 1 amide bonds. The summed E-state index contributed by atoms with van der Waals surface area (Å²) in [4.78, 5) is 14.3. The number of carbonyl (C=O) groups excluding carboxylic acids is 1. The molecule has 0 aromatic carbocycles. The Kier molecular flexibility index (Phi) is 6.30. The fourth-order valence-electron chi connectivity index (χ4n) is 2.43. The normalized spacial score (nSPS) is 22.7. The Hall–Kier alpha value is -0.100. The summed E-state index contributed by atoms with van der Waals surface area (Å²) in [6, 6.07) is 2.07. The second kappa shape index (κ2) is 7.07. The van der Waals surface area contributed by atoms with Gasteiger partial charge in [-0.15, -0.1) is 23.7 Å². The SMILES string of the molecule is CN(Cc1csc(Br)c1)C(=O)C1(C)CCCCN1.Cl. The maximum atomic E-state index is 12.5. The zero-order valence-electron chi connectivity index (χ0n) is 11.2. The molecule has 108 valence electrons. The number of hydrogen-bond acceptors (Lipinski definition) is 3. The van der Waals surface area contributed by atoms with Crippen molar-refractivity contribution in [2.24, 2.45) is 0 Å². The van der Waals surface area contributed by atoms with Gasteiger partial charge in [0.15, 0.2) is 0 Å². The summed E-state index contributed by atoms with van der Waals surface area (Å²) in [5.74, 6) is 0.199. The summed E-state index contributed by atoms with van der Waals surface area (Å²) in [7, 11) is 1.88. The fraction of sp³-hybridized carbons (Fsp3) is 0.615. The van der Waals surface area contributed by atoms with Gasteiger partial charge in [0.2, 0.25) is 5.91 Å². The van der Waals surface area contributed by atoms with Crippen molar-refractivity contribution in [1.82, 2.24) is 10.2 Å². The van der Waals surface area contributed by atoms with E-state index < -0.39 is 0 Å². The lowest BCUT2D eigenvalue weighted by atomic mass is 9.89. The highest BCUT2D eigenvalue weighted by atomic mass is 79.9. The van der Waals surface area contributed by atoms with Crippen molar-refractivity contribution in [2.75, 3.05) is 13.6 Å². The van der Waals surface area contributed by atoms with Gasteiger partial charge in [-0.3, -0.25) is 4.79 Å². The van der Waals surface area contributed by atoms with E-state index in [1.165, 1.54) is 12.0 Å². The number of carbonyl (C=O) groups is 1. The fourth-order valence-corrected chi connectivity index (χ4v) is 3.63. The van der Waals surface area contributed by atoms with Gasteiger partial charge in [-0.1, -0.05) is 0 Å². The van der Waals surface area contributed by atoms with Gasteiger partial charge in [-0.25, -0.2) is 0 Å². The molecule has 1 aliphatic rings. The summed E-state index contributed by atoms with van der Waals surface area (Å²) in [6.45, 7) is 3.65. The largest absolute Gasteiger partial charge is 0.340 e. The lowest BCUT2D eigenvalue weighted by molar-refractivity contribution is -0.137. The Bertz CT molecular complexity index is 432. The van der Waals surface area contributed by atoms with Crippen LogP contribution in [0.4, 0.5) is 0 Å². The second-order valence-corrected chi connectivity index (χ2v) is 7.43. The Labute approximate surface area is 133 Å². The standard InChI is InChI=1S/C13H19BrN2OS.ClH/c1-13(5-3-4-6-15-13)12(17)16(2)8-10-7-11(14)18-9-10;/h7,9,15H,3-6,8H2,1-2H3;1H. The number of thiophene rings is 1. The summed E-state index contributed by atoms with van der Waals surface area (Å²) < 4.78 is 1.11. The van der Waals surface area contributed by atoms with E-state index >= 15 is 0 Å². The zero-order chi connectivity index (χ0) is 13.2. The molecule has 2 rings (SSSR count). The molecule has 1 aliphatic heterocycles. The predicted molar refractivity (Wildman–Crippen MR) is 86.0 cm³/mol. The topological polar surface area (TPSA) is 32.3 Å². The minimum atomic E-state index is -0.375. The van der Waals surface area contributed by atoms with E-state index in [-0.39, 0.29) is 23.9 Å². The van der Waals surface area contributed by atoms with E-state index in [4.69, 9.17) is 0 Å². The molecule has 1 aromatic rings. The highest BCUT2D eigenvalue weighted by Crippen LogP contribution is 2.24. The maximum absolute atomic E-state index is 12.5. The van der Waals surface area contributed by atoms with Crippen molar-refractivity contribution < 1.29 is 4.79 Å². The summed E-state index contributed by atoms with van der Waals surface area (Å²) in [5.41, 5.74) is 0.808. The smallest absolute Gasteiger partial charge is 0.242 e. The van der Waals surface area contributed by atoms with E-state index in [0.29, 0.717) is 6.54 Å². The van der Waals surface area contributed by atoms with Crippen LogP contribution in [0.2, 0.25) is 0 Å². The molecule has 0 saturated carbocycles. The highest BCUT2D eigenvalue weighted by Gasteiger charge is 2.36. The molecular weight excluding hydrogens is 348 g/mol. The molecule has 6 heteroatoms. The van der Waals surface area contributed by atoms with E-state index in [1.54, 1.807) is 11.3 Å². The number of nitrogens with one attached hydrogen (secondary N) is 1. The van der Waals surface area contributed by atoms with Crippen LogP contribution in [0, 0.1) is 0 Å². The third kappa shape index (κ3) is 4.18. The van der Waals surface area contributed by atoms with Gasteiger partial charge in [-0.2, -0.15) is 0 Å². The highest BCUT2D eigenvalue weighted by molar-refractivity contribution is 9.11. The molecular formula is C13H20BrClN2OS. The van der Waals surface area contributed by atoms with Crippen LogP contribution in [0.3, 0.4) is 0 Å². The van der Waals surface area contributed by atoms with Gasteiger partial charge >= 0.3 is 0 Å². The van der Waals surface area contributed by atoms with E-state index in [1.807, 2.05) is 18.9 Å². The Morgan fingerprint density at radius 3 is 2.84 bits per heavy atom. The summed E-state index contributed by atoms with van der Waals surface area (Å²) in [5, 5.41) is 5.46. The molecule has 0 aliphatic carbocycles. The maximum Gasteiger partial charge on any atom is 0.242 e. The van der Waals surface area contributed by atoms with Crippen LogP contribution >= 0.6 is 39.7 Å². The van der Waals surface area contributed by atoms with Crippen molar-refractivity contribution in [3.63, 3.8) is 0 Å². The first-order chi connectivity index (χ1) is 8.51. The van der Waals surface area contributed by atoms with Crippen LogP contribution in [0.5, 0.6) is 0 Å². The number of amides is 1. The molecule has 3 nitrogen and oxygen atoms in total. The van der Waals surface area contributed by atoms with Crippen molar-refractivity contribution in [2.45, 2.75) is 38.3 Å². The van der Waals surface area contributed by atoms with Crippen molar-refractivity contribution in [3.8, 4) is 0 Å². The van der Waals surface area contributed by atoms with E-state index in [2.05, 4.69) is 32.7 Å². The first kappa shape index (κ1) is 17.0. The minimum Gasteiger partial charge on any atom is -0.340 e. The molecule has 2 heterocycles. The number of hydrogen-bond donors (Lipinski definition) is 1. The number of nitrogens with zero attached hydrogens (tertiary/aromatic N) is 1. The van der Waals surface area contributed by atoms with Crippen LogP contribution in [-0.4, -0.2) is 29.9 Å². The van der Waals surface area contributed by atoms with Crippen LogP contribution in [-0.2, 0) is 11.3 Å². The van der Waals surface area contributed by atoms with Gasteiger partial charge in [0.05, 0.1) is 9.33 Å². The van der Waals surface area contributed by atoms with Gasteiger partial charge in [0.1, 0.15) is 0 Å². The first-order valence-electron chi connectivity index (χ1n) is 6.25. The van der Waals surface area contributed by atoms with Crippen LogP contribution in [0.25, 0.3) is 0 Å². The number of likely N-dealkylation sites (N-methyl/N-ethyl adjacent to an activating group) is 1.